The van der Waals surface area contributed by atoms with Gasteiger partial charge in [0.2, 0.25) is 5.95 Å². The van der Waals surface area contributed by atoms with Gasteiger partial charge in [-0.15, -0.1) is 0 Å². The second kappa shape index (κ2) is 4.97. The van der Waals surface area contributed by atoms with Crippen molar-refractivity contribution in [2.24, 2.45) is 0 Å². The molecule has 1 aliphatic rings. The summed E-state index contributed by atoms with van der Waals surface area (Å²) in [6, 6.07) is 1.70. The Labute approximate surface area is 103 Å². The van der Waals surface area contributed by atoms with Crippen LogP contribution in [0.5, 0.6) is 0 Å². The van der Waals surface area contributed by atoms with E-state index in [9.17, 15) is 0 Å². The topological polar surface area (TPSA) is 64.3 Å². The van der Waals surface area contributed by atoms with Gasteiger partial charge < -0.3 is 15.4 Å². The summed E-state index contributed by atoms with van der Waals surface area (Å²) in [5.41, 5.74) is 5.69. The average Bonchev–Trinajstić information content (AvgIpc) is 2.28. The highest BCUT2D eigenvalue weighted by molar-refractivity contribution is 9.10. The van der Waals surface area contributed by atoms with Crippen molar-refractivity contribution in [3.63, 3.8) is 0 Å². The van der Waals surface area contributed by atoms with E-state index in [1.807, 2.05) is 0 Å². The third kappa shape index (κ3) is 2.62. The molecule has 2 N–H and O–H groups in total. The zero-order chi connectivity index (χ0) is 11.5. The van der Waals surface area contributed by atoms with Crippen LogP contribution in [0.15, 0.2) is 10.7 Å². The van der Waals surface area contributed by atoms with Gasteiger partial charge in [0.1, 0.15) is 10.4 Å². The number of hydrogen-bond donors (Lipinski definition) is 1. The fourth-order valence-corrected chi connectivity index (χ4v) is 2.11. The lowest BCUT2D eigenvalue weighted by molar-refractivity contribution is 0.0379. The Hall–Kier alpha value is -0.880. The molecule has 0 amide bonds. The van der Waals surface area contributed by atoms with Gasteiger partial charge in [-0.25, -0.2) is 4.98 Å². The van der Waals surface area contributed by atoms with Crippen molar-refractivity contribution < 1.29 is 4.74 Å². The van der Waals surface area contributed by atoms with E-state index in [1.54, 1.807) is 6.07 Å². The first-order valence-electron chi connectivity index (χ1n) is 5.35. The number of morpholine rings is 1. The van der Waals surface area contributed by atoms with Crippen LogP contribution in [-0.2, 0) is 4.74 Å². The van der Waals surface area contributed by atoms with Crippen LogP contribution in [-0.4, -0.2) is 35.8 Å². The number of nitrogens with zero attached hydrogens (tertiary/aromatic N) is 3. The molecular weight excluding hydrogens is 272 g/mol. The number of nitrogens with two attached hydrogens (primary N) is 1. The van der Waals surface area contributed by atoms with Gasteiger partial charge in [-0.1, -0.05) is 6.92 Å². The maximum absolute atomic E-state index is 5.69. The fourth-order valence-electron chi connectivity index (χ4n) is 1.71. The molecule has 0 saturated carbocycles. The van der Waals surface area contributed by atoms with E-state index in [0.29, 0.717) is 18.4 Å². The molecule has 1 atom stereocenters. The van der Waals surface area contributed by atoms with Crippen molar-refractivity contribution in [1.29, 1.82) is 0 Å². The zero-order valence-electron chi connectivity index (χ0n) is 9.19. The van der Waals surface area contributed by atoms with Crippen LogP contribution in [0.1, 0.15) is 13.3 Å². The lowest BCUT2D eigenvalue weighted by Gasteiger charge is -2.32. The van der Waals surface area contributed by atoms with E-state index >= 15 is 0 Å². The molecule has 5 nitrogen and oxygen atoms in total. The van der Waals surface area contributed by atoms with Crippen LogP contribution < -0.4 is 10.6 Å². The summed E-state index contributed by atoms with van der Waals surface area (Å²) in [5.74, 6) is 1.16. The number of nitrogen functional groups attached to an aromatic ring is 1. The second-order valence-electron chi connectivity index (χ2n) is 3.76. The molecule has 0 radical (unpaired) electrons. The molecular formula is C10H15BrN4O. The standard InChI is InChI=1S/C10H15BrN4O/c1-2-7-6-15(3-4-16-7)10-13-8(11)5-9(12)14-10/h5,7H,2-4,6H2,1H3,(H2,12,13,14). The Kier molecular flexibility index (Phi) is 3.60. The van der Waals surface area contributed by atoms with Gasteiger partial charge in [-0.3, -0.25) is 0 Å². The van der Waals surface area contributed by atoms with Crippen molar-refractivity contribution in [2.75, 3.05) is 30.3 Å². The minimum Gasteiger partial charge on any atom is -0.383 e. The molecule has 2 heterocycles. The number of anilines is 2. The van der Waals surface area contributed by atoms with Crippen LogP contribution in [0.4, 0.5) is 11.8 Å². The number of hydrogen-bond acceptors (Lipinski definition) is 5. The van der Waals surface area contributed by atoms with Gasteiger partial charge in [0.05, 0.1) is 12.7 Å². The summed E-state index contributed by atoms with van der Waals surface area (Å²) in [4.78, 5) is 10.7. The SMILES string of the molecule is CCC1CN(c2nc(N)cc(Br)n2)CCO1. The number of halogens is 1. The van der Waals surface area contributed by atoms with Crippen molar-refractivity contribution >= 4 is 27.7 Å². The number of ether oxygens (including phenoxy) is 1. The highest BCUT2D eigenvalue weighted by atomic mass is 79.9. The molecule has 6 heteroatoms. The molecule has 16 heavy (non-hydrogen) atoms. The first-order valence-corrected chi connectivity index (χ1v) is 6.15. The van der Waals surface area contributed by atoms with E-state index in [4.69, 9.17) is 10.5 Å². The predicted molar refractivity (Wildman–Crippen MR) is 66.4 cm³/mol. The maximum Gasteiger partial charge on any atom is 0.228 e. The molecule has 0 bridgehead atoms. The van der Waals surface area contributed by atoms with Gasteiger partial charge in [0.15, 0.2) is 0 Å². The maximum atomic E-state index is 5.69. The molecule has 88 valence electrons. The van der Waals surface area contributed by atoms with Gasteiger partial charge in [0, 0.05) is 19.2 Å². The fraction of sp³-hybridized carbons (Fsp3) is 0.600. The van der Waals surface area contributed by atoms with Gasteiger partial charge >= 0.3 is 0 Å². The van der Waals surface area contributed by atoms with E-state index in [1.165, 1.54) is 0 Å². The number of aromatic nitrogens is 2. The minimum absolute atomic E-state index is 0.262. The molecule has 2 rings (SSSR count). The van der Waals surface area contributed by atoms with Crippen LogP contribution in [0.25, 0.3) is 0 Å². The lowest BCUT2D eigenvalue weighted by atomic mass is 10.2. The third-order valence-corrected chi connectivity index (χ3v) is 2.99. The van der Waals surface area contributed by atoms with E-state index in [0.717, 1.165) is 24.1 Å². The average molecular weight is 287 g/mol. The Balaban J connectivity index is 2.16. The monoisotopic (exact) mass is 286 g/mol. The quantitative estimate of drug-likeness (QED) is 0.834. The Morgan fingerprint density at radius 1 is 1.62 bits per heavy atom. The van der Waals surface area contributed by atoms with Gasteiger partial charge in [0.25, 0.3) is 0 Å². The molecule has 1 aromatic rings. The summed E-state index contributed by atoms with van der Waals surface area (Å²) in [5, 5.41) is 0. The van der Waals surface area contributed by atoms with Crippen molar-refractivity contribution in [3.8, 4) is 0 Å². The van der Waals surface area contributed by atoms with Crippen LogP contribution in [0, 0.1) is 0 Å². The van der Waals surface area contributed by atoms with E-state index < -0.39 is 0 Å². The summed E-state index contributed by atoms with van der Waals surface area (Å²) < 4.78 is 6.32. The van der Waals surface area contributed by atoms with Gasteiger partial charge in [-0.2, -0.15) is 4.98 Å². The van der Waals surface area contributed by atoms with Crippen molar-refractivity contribution in [3.05, 3.63) is 10.7 Å². The van der Waals surface area contributed by atoms with Gasteiger partial charge in [-0.05, 0) is 22.4 Å². The van der Waals surface area contributed by atoms with Crippen LogP contribution in [0.3, 0.4) is 0 Å². The molecule has 0 aromatic carbocycles. The van der Waals surface area contributed by atoms with Crippen molar-refractivity contribution in [2.45, 2.75) is 19.4 Å². The van der Waals surface area contributed by atoms with E-state index in [-0.39, 0.29) is 6.10 Å². The molecule has 1 unspecified atom stereocenters. The molecule has 1 fully saturated rings. The summed E-state index contributed by atoms with van der Waals surface area (Å²) in [7, 11) is 0. The molecule has 1 saturated heterocycles. The summed E-state index contributed by atoms with van der Waals surface area (Å²) in [6.07, 6.45) is 1.26. The largest absolute Gasteiger partial charge is 0.383 e. The Morgan fingerprint density at radius 2 is 2.44 bits per heavy atom. The first kappa shape index (κ1) is 11.6. The number of rotatable bonds is 2. The molecule has 0 aliphatic carbocycles. The summed E-state index contributed by atoms with van der Waals surface area (Å²) in [6.45, 7) is 4.47. The Morgan fingerprint density at radius 3 is 3.12 bits per heavy atom. The highest BCUT2D eigenvalue weighted by Gasteiger charge is 2.21. The highest BCUT2D eigenvalue weighted by Crippen LogP contribution is 2.18. The van der Waals surface area contributed by atoms with Crippen LogP contribution >= 0.6 is 15.9 Å². The second-order valence-corrected chi connectivity index (χ2v) is 4.58. The normalized spacial score (nSPS) is 21.1. The molecule has 0 spiro atoms. The zero-order valence-corrected chi connectivity index (χ0v) is 10.8. The minimum atomic E-state index is 0.262. The predicted octanol–water partition coefficient (Wildman–Crippen LogP) is 1.44. The molecule has 1 aliphatic heterocycles. The van der Waals surface area contributed by atoms with Crippen molar-refractivity contribution in [1.82, 2.24) is 9.97 Å². The lowest BCUT2D eigenvalue weighted by Crippen LogP contribution is -2.43. The smallest absolute Gasteiger partial charge is 0.228 e. The third-order valence-electron chi connectivity index (χ3n) is 2.58. The first-order chi connectivity index (χ1) is 7.69. The van der Waals surface area contributed by atoms with Crippen LogP contribution in [0.2, 0.25) is 0 Å². The summed E-state index contributed by atoms with van der Waals surface area (Å²) >= 11 is 3.32. The Bertz CT molecular complexity index is 354. The van der Waals surface area contributed by atoms with E-state index in [2.05, 4.69) is 37.7 Å². The molecule has 1 aromatic heterocycles.